The summed E-state index contributed by atoms with van der Waals surface area (Å²) in [5.74, 6) is 0.238. The van der Waals surface area contributed by atoms with E-state index in [2.05, 4.69) is 39.5 Å². The summed E-state index contributed by atoms with van der Waals surface area (Å²) in [4.78, 5) is 81.1. The van der Waals surface area contributed by atoms with E-state index in [0.29, 0.717) is 13.1 Å². The molecule has 0 radical (unpaired) electrons. The maximum absolute atomic E-state index is 12.9. The molecule has 54 heavy (non-hydrogen) atoms. The molecule has 0 saturated carbocycles. The van der Waals surface area contributed by atoms with Gasteiger partial charge in [0.05, 0.1) is 11.5 Å². The van der Waals surface area contributed by atoms with Crippen molar-refractivity contribution in [3.63, 3.8) is 0 Å². The maximum atomic E-state index is 12.9. The molecule has 6 heterocycles. The van der Waals surface area contributed by atoms with Crippen LogP contribution in [0.15, 0.2) is 49.1 Å². The molecule has 4 aliphatic rings. The third kappa shape index (κ3) is 10.4. The van der Waals surface area contributed by atoms with E-state index in [1.807, 2.05) is 12.1 Å². The average Bonchev–Trinajstić information content (AvgIpc) is 3.63. The van der Waals surface area contributed by atoms with Crippen LogP contribution in [-0.2, 0) is 28.7 Å². The van der Waals surface area contributed by atoms with E-state index < -0.39 is 22.1 Å². The monoisotopic (exact) mass is 782 g/mol. The summed E-state index contributed by atoms with van der Waals surface area (Å²) in [6, 6.07) is 3.63. The topological polar surface area (TPSA) is 158 Å². The highest BCUT2D eigenvalue weighted by Crippen LogP contribution is 2.39. The maximum Gasteiger partial charge on any atom is 0.333 e. The van der Waals surface area contributed by atoms with Crippen LogP contribution in [0, 0.1) is 0 Å². The van der Waals surface area contributed by atoms with E-state index in [4.69, 9.17) is 9.47 Å². The predicted octanol–water partition coefficient (Wildman–Crippen LogP) is 1.91. The van der Waals surface area contributed by atoms with Crippen LogP contribution in [0.2, 0.25) is 0 Å². The van der Waals surface area contributed by atoms with Crippen LogP contribution in [0.5, 0.6) is 0 Å². The molecule has 0 bridgehead atoms. The number of rotatable bonds is 16. The number of thioether (sulfide) groups is 2. The second-order valence-electron chi connectivity index (χ2n) is 13.8. The Hall–Kier alpha value is -4.00. The second kappa shape index (κ2) is 18.6. The normalized spacial score (nSPS) is 24.2. The molecule has 2 atom stereocenters. The van der Waals surface area contributed by atoms with Gasteiger partial charge in [-0.1, -0.05) is 23.5 Å². The van der Waals surface area contributed by atoms with Crippen LogP contribution in [0.1, 0.15) is 39.5 Å². The van der Waals surface area contributed by atoms with Gasteiger partial charge in [0.25, 0.3) is 0 Å². The summed E-state index contributed by atoms with van der Waals surface area (Å²) < 4.78 is 11.5. The molecule has 16 nitrogen and oxygen atoms in total. The Morgan fingerprint density at radius 2 is 0.963 bits per heavy atom. The molecule has 0 spiro atoms. The minimum atomic E-state index is -1.18. The largest absolute Gasteiger partial charge is 0.426 e. The fourth-order valence-electron chi connectivity index (χ4n) is 7.02. The second-order valence-corrected chi connectivity index (χ2v) is 16.5. The van der Waals surface area contributed by atoms with Crippen LogP contribution in [-0.4, -0.2) is 163 Å². The smallest absolute Gasteiger partial charge is 0.333 e. The molecule has 4 aliphatic heterocycles. The Morgan fingerprint density at radius 3 is 1.33 bits per heavy atom. The van der Waals surface area contributed by atoms with E-state index in [9.17, 15) is 19.2 Å². The summed E-state index contributed by atoms with van der Waals surface area (Å²) in [5.41, 5.74) is 0. The van der Waals surface area contributed by atoms with Gasteiger partial charge in [0.15, 0.2) is 0 Å². The molecular formula is C36H50N10O6S2. The van der Waals surface area contributed by atoms with Crippen molar-refractivity contribution in [3.8, 4) is 0 Å². The number of esters is 2. The van der Waals surface area contributed by atoms with E-state index in [0.717, 1.165) is 115 Å². The first-order valence-electron chi connectivity index (χ1n) is 18.6. The van der Waals surface area contributed by atoms with Gasteiger partial charge in [0.2, 0.25) is 33.8 Å². The lowest BCUT2D eigenvalue weighted by atomic mass is 10.2. The summed E-state index contributed by atoms with van der Waals surface area (Å²) in [7, 11) is 0. The summed E-state index contributed by atoms with van der Waals surface area (Å²) >= 11 is 2.50. The number of unbranched alkanes of at least 4 members (excludes halogenated alkanes) is 2. The van der Waals surface area contributed by atoms with Crippen molar-refractivity contribution < 1.29 is 28.7 Å². The first kappa shape index (κ1) is 39.7. The summed E-state index contributed by atoms with van der Waals surface area (Å²) in [6.45, 7) is 13.2. The molecule has 0 aliphatic carbocycles. The number of anilines is 2. The molecule has 2 unspecified atom stereocenters. The van der Waals surface area contributed by atoms with Crippen molar-refractivity contribution in [2.24, 2.45) is 0 Å². The fraction of sp³-hybridized carbons (Fsp3) is 0.611. The van der Waals surface area contributed by atoms with Crippen LogP contribution in [0.4, 0.5) is 11.9 Å². The zero-order valence-corrected chi connectivity index (χ0v) is 32.7. The highest BCUT2D eigenvalue weighted by Gasteiger charge is 2.46. The van der Waals surface area contributed by atoms with Gasteiger partial charge in [-0.05, 0) is 50.9 Å². The summed E-state index contributed by atoms with van der Waals surface area (Å²) in [6.07, 6.45) is 12.4. The molecular weight excluding hydrogens is 733 g/mol. The van der Waals surface area contributed by atoms with Crippen molar-refractivity contribution in [2.75, 3.05) is 99.8 Å². The molecule has 4 fully saturated rings. The van der Waals surface area contributed by atoms with Crippen molar-refractivity contribution >= 4 is 59.2 Å². The third-order valence-corrected chi connectivity index (χ3v) is 12.5. The zero-order chi connectivity index (χ0) is 38.0. The molecule has 0 N–H and O–H groups in total. The van der Waals surface area contributed by atoms with E-state index in [-0.39, 0.29) is 23.3 Å². The van der Waals surface area contributed by atoms with Gasteiger partial charge in [-0.2, -0.15) is 0 Å². The lowest BCUT2D eigenvalue weighted by molar-refractivity contribution is -0.164. The SMILES string of the molecule is CC1(OC(=O)/C=C\C(=O)OC2(C)SCC(=O)N2CCCCN2CCN(c3ncccn3)CC2)SCC(=O)N1CCCCN1CCN(c2ncccn2)CC1. The van der Waals surface area contributed by atoms with E-state index in [1.54, 1.807) is 48.4 Å². The van der Waals surface area contributed by atoms with Crippen molar-refractivity contribution in [3.05, 3.63) is 49.1 Å². The number of amides is 2. The minimum absolute atomic E-state index is 0.0909. The number of aromatic nitrogens is 4. The Kier molecular flexibility index (Phi) is 13.6. The number of carbonyl (C=O) groups is 4. The Bertz CT molecular complexity index is 1500. The predicted molar refractivity (Wildman–Crippen MR) is 206 cm³/mol. The molecule has 18 heteroatoms. The van der Waals surface area contributed by atoms with Gasteiger partial charge in [0, 0.05) is 116 Å². The lowest BCUT2D eigenvalue weighted by Gasteiger charge is -2.35. The average molecular weight is 783 g/mol. The first-order valence-corrected chi connectivity index (χ1v) is 20.6. The van der Waals surface area contributed by atoms with Crippen LogP contribution >= 0.6 is 23.5 Å². The standard InChI is InChI=1S/C36H50N10O6S2/c1-35(45(29(47)27-53-35)17-5-3-15-41-19-23-43(24-20-41)33-37-11-7-12-38-33)51-31(49)9-10-32(50)52-36(2)46(30(48)28-54-36)18-6-4-16-42-21-25-44(26-22-42)34-39-13-8-14-40-34/h7-14H,3-6,15-28H2,1-2H3/b10-9-. The van der Waals surface area contributed by atoms with Gasteiger partial charge in [-0.15, -0.1) is 0 Å². The Morgan fingerprint density at radius 1 is 0.611 bits per heavy atom. The van der Waals surface area contributed by atoms with Crippen LogP contribution in [0.25, 0.3) is 0 Å². The Balaban J connectivity index is 0.887. The van der Waals surface area contributed by atoms with Crippen molar-refractivity contribution in [2.45, 2.75) is 49.6 Å². The quantitative estimate of drug-likeness (QED) is 0.138. The van der Waals surface area contributed by atoms with Crippen LogP contribution < -0.4 is 9.80 Å². The van der Waals surface area contributed by atoms with Gasteiger partial charge in [0.1, 0.15) is 0 Å². The molecule has 2 aromatic heterocycles. The van der Waals surface area contributed by atoms with Gasteiger partial charge < -0.3 is 19.3 Å². The van der Waals surface area contributed by atoms with Crippen LogP contribution in [0.3, 0.4) is 0 Å². The fourth-order valence-corrected chi connectivity index (χ4v) is 9.10. The number of hydrogen-bond donors (Lipinski definition) is 0. The molecule has 2 aromatic rings. The third-order valence-electron chi connectivity index (χ3n) is 10.1. The Labute approximate surface area is 325 Å². The number of hydrogen-bond acceptors (Lipinski definition) is 16. The van der Waals surface area contributed by atoms with E-state index in [1.165, 1.54) is 23.5 Å². The number of nitrogens with zero attached hydrogens (tertiary/aromatic N) is 10. The van der Waals surface area contributed by atoms with Crippen molar-refractivity contribution in [1.82, 2.24) is 39.5 Å². The molecule has 2 amide bonds. The summed E-state index contributed by atoms with van der Waals surface area (Å²) in [5, 5.41) is -2.35. The molecule has 6 rings (SSSR count). The first-order chi connectivity index (χ1) is 26.1. The number of carbonyl (C=O) groups excluding carboxylic acids is 4. The lowest BCUT2D eigenvalue weighted by Crippen LogP contribution is -2.47. The number of piperazine rings is 2. The van der Waals surface area contributed by atoms with Gasteiger partial charge >= 0.3 is 11.9 Å². The number of ether oxygens (including phenoxy) is 2. The van der Waals surface area contributed by atoms with Gasteiger partial charge in [-0.25, -0.2) is 29.5 Å². The highest BCUT2D eigenvalue weighted by atomic mass is 32.2. The zero-order valence-electron chi connectivity index (χ0n) is 31.1. The molecule has 292 valence electrons. The molecule has 0 aromatic carbocycles. The minimum Gasteiger partial charge on any atom is -0.426 e. The van der Waals surface area contributed by atoms with Gasteiger partial charge in [-0.3, -0.25) is 29.2 Å². The van der Waals surface area contributed by atoms with Crippen molar-refractivity contribution in [1.29, 1.82) is 0 Å². The highest BCUT2D eigenvalue weighted by molar-refractivity contribution is 8.01. The molecule has 4 saturated heterocycles. The van der Waals surface area contributed by atoms with E-state index >= 15 is 0 Å².